The molecule has 94 valence electrons. The number of hydrogen-bond donors (Lipinski definition) is 2. The monoisotopic (exact) mass is 237 g/mol. The molecule has 0 saturated carbocycles. The normalized spacial score (nSPS) is 12.1. The van der Waals surface area contributed by atoms with Gasteiger partial charge in [-0.15, -0.1) is 0 Å². The summed E-state index contributed by atoms with van der Waals surface area (Å²) in [4.78, 5) is 15.4. The van der Waals surface area contributed by atoms with Gasteiger partial charge in [0, 0.05) is 32.1 Å². The molecule has 0 aliphatic carbocycles. The zero-order valence-corrected chi connectivity index (χ0v) is 10.3. The number of rotatable bonds is 7. The topological polar surface area (TPSA) is 63.2 Å². The van der Waals surface area contributed by atoms with Crippen molar-refractivity contribution in [2.24, 2.45) is 0 Å². The maximum absolute atomic E-state index is 11.4. The fourth-order valence-corrected chi connectivity index (χ4v) is 1.37. The van der Waals surface area contributed by atoms with E-state index in [1.165, 1.54) is 0 Å². The minimum atomic E-state index is -0.0250. The molecule has 1 amide bonds. The molecule has 0 fully saturated rings. The Balaban J connectivity index is 2.24. The predicted molar refractivity (Wildman–Crippen MR) is 65.5 cm³/mol. The van der Waals surface area contributed by atoms with E-state index >= 15 is 0 Å². The van der Waals surface area contributed by atoms with E-state index in [-0.39, 0.29) is 11.9 Å². The van der Waals surface area contributed by atoms with Crippen LogP contribution in [0.5, 0.6) is 0 Å². The van der Waals surface area contributed by atoms with Crippen molar-refractivity contribution in [1.29, 1.82) is 0 Å². The molecular formula is C12H19N3O2. The largest absolute Gasteiger partial charge is 0.383 e. The molecule has 2 N–H and O–H groups in total. The van der Waals surface area contributed by atoms with Gasteiger partial charge in [0.05, 0.1) is 13.2 Å². The van der Waals surface area contributed by atoms with Crippen molar-refractivity contribution < 1.29 is 9.53 Å². The van der Waals surface area contributed by atoms with E-state index in [1.54, 1.807) is 19.5 Å². The number of carbonyl (C=O) groups is 1. The minimum absolute atomic E-state index is 0.0250. The minimum Gasteiger partial charge on any atom is -0.383 e. The number of hydrogen-bond acceptors (Lipinski definition) is 4. The Hall–Kier alpha value is -1.46. The molecule has 5 nitrogen and oxygen atoms in total. The zero-order valence-electron chi connectivity index (χ0n) is 10.3. The summed E-state index contributed by atoms with van der Waals surface area (Å²) < 4.78 is 4.85. The first-order valence-electron chi connectivity index (χ1n) is 5.63. The fraction of sp³-hybridized carbons (Fsp3) is 0.500. The number of nitrogens with zero attached hydrogens (tertiary/aromatic N) is 1. The van der Waals surface area contributed by atoms with E-state index < -0.39 is 0 Å². The summed E-state index contributed by atoms with van der Waals surface area (Å²) in [6, 6.07) is 3.99. The fourth-order valence-electron chi connectivity index (χ4n) is 1.37. The van der Waals surface area contributed by atoms with Crippen LogP contribution in [0, 0.1) is 0 Å². The quantitative estimate of drug-likeness (QED) is 0.678. The molecule has 0 aliphatic heterocycles. The van der Waals surface area contributed by atoms with Gasteiger partial charge in [-0.2, -0.15) is 0 Å². The third kappa shape index (κ3) is 5.42. The molecule has 0 unspecified atom stereocenters. The molecule has 0 aromatic carbocycles. The van der Waals surface area contributed by atoms with Crippen molar-refractivity contribution in [2.45, 2.75) is 13.0 Å². The first kappa shape index (κ1) is 13.6. The van der Waals surface area contributed by atoms with E-state index in [2.05, 4.69) is 15.6 Å². The Kier molecular flexibility index (Phi) is 6.21. The highest BCUT2D eigenvalue weighted by Gasteiger charge is 2.06. The second-order valence-corrected chi connectivity index (χ2v) is 3.73. The molecule has 5 heteroatoms. The van der Waals surface area contributed by atoms with Gasteiger partial charge in [0.15, 0.2) is 0 Å². The van der Waals surface area contributed by atoms with Crippen molar-refractivity contribution in [3.05, 3.63) is 30.1 Å². The number of pyridine rings is 1. The van der Waals surface area contributed by atoms with Gasteiger partial charge in [-0.3, -0.25) is 9.78 Å². The Morgan fingerprint density at radius 3 is 2.82 bits per heavy atom. The maximum atomic E-state index is 11.4. The molecule has 1 aromatic heterocycles. The van der Waals surface area contributed by atoms with E-state index in [9.17, 15) is 4.79 Å². The summed E-state index contributed by atoms with van der Waals surface area (Å²) in [6.45, 7) is 3.39. The SMILES string of the molecule is COCCNC(=O)CN[C@@H](C)c1ccncc1. The van der Waals surface area contributed by atoms with Gasteiger partial charge in [0.1, 0.15) is 0 Å². The molecule has 1 rings (SSSR count). The molecular weight excluding hydrogens is 218 g/mol. The van der Waals surface area contributed by atoms with Gasteiger partial charge in [0.2, 0.25) is 5.91 Å². The molecule has 0 saturated heterocycles. The van der Waals surface area contributed by atoms with Gasteiger partial charge in [-0.25, -0.2) is 0 Å². The van der Waals surface area contributed by atoms with Crippen molar-refractivity contribution in [3.8, 4) is 0 Å². The van der Waals surface area contributed by atoms with Crippen LogP contribution in [-0.4, -0.2) is 37.7 Å². The lowest BCUT2D eigenvalue weighted by Crippen LogP contribution is -2.36. The number of carbonyl (C=O) groups excluding carboxylic acids is 1. The number of nitrogens with one attached hydrogen (secondary N) is 2. The van der Waals surface area contributed by atoms with E-state index in [4.69, 9.17) is 4.74 Å². The van der Waals surface area contributed by atoms with E-state index in [1.807, 2.05) is 19.1 Å². The van der Waals surface area contributed by atoms with Crippen molar-refractivity contribution in [1.82, 2.24) is 15.6 Å². The van der Waals surface area contributed by atoms with Crippen LogP contribution in [0.2, 0.25) is 0 Å². The first-order valence-corrected chi connectivity index (χ1v) is 5.63. The van der Waals surface area contributed by atoms with E-state index in [0.29, 0.717) is 19.7 Å². The lowest BCUT2D eigenvalue weighted by Gasteiger charge is -2.13. The van der Waals surface area contributed by atoms with Gasteiger partial charge in [0.25, 0.3) is 0 Å². The highest BCUT2D eigenvalue weighted by molar-refractivity contribution is 5.78. The smallest absolute Gasteiger partial charge is 0.234 e. The van der Waals surface area contributed by atoms with Gasteiger partial charge in [-0.05, 0) is 24.6 Å². The molecule has 0 aliphatic rings. The molecule has 1 aromatic rings. The van der Waals surface area contributed by atoms with Crippen LogP contribution in [0.3, 0.4) is 0 Å². The average Bonchev–Trinajstić information content (AvgIpc) is 2.37. The van der Waals surface area contributed by atoms with Crippen LogP contribution in [0.4, 0.5) is 0 Å². The van der Waals surface area contributed by atoms with Gasteiger partial charge in [-0.1, -0.05) is 0 Å². The second-order valence-electron chi connectivity index (χ2n) is 3.73. The summed E-state index contributed by atoms with van der Waals surface area (Å²) in [5.74, 6) is -0.0250. The second kappa shape index (κ2) is 7.76. The number of amides is 1. The van der Waals surface area contributed by atoms with Crippen LogP contribution >= 0.6 is 0 Å². The highest BCUT2D eigenvalue weighted by atomic mass is 16.5. The van der Waals surface area contributed by atoms with Gasteiger partial charge < -0.3 is 15.4 Å². The van der Waals surface area contributed by atoms with E-state index in [0.717, 1.165) is 5.56 Å². The lowest BCUT2D eigenvalue weighted by molar-refractivity contribution is -0.120. The van der Waals surface area contributed by atoms with Crippen LogP contribution in [0.1, 0.15) is 18.5 Å². The summed E-state index contributed by atoms with van der Waals surface area (Å²) >= 11 is 0. The summed E-state index contributed by atoms with van der Waals surface area (Å²) in [5.41, 5.74) is 1.12. The molecule has 1 atom stereocenters. The molecule has 0 spiro atoms. The number of methoxy groups -OCH3 is 1. The van der Waals surface area contributed by atoms with Crippen LogP contribution < -0.4 is 10.6 Å². The van der Waals surface area contributed by atoms with Gasteiger partial charge >= 0.3 is 0 Å². The van der Waals surface area contributed by atoms with Crippen molar-refractivity contribution in [2.75, 3.05) is 26.8 Å². The summed E-state index contributed by atoms with van der Waals surface area (Å²) in [5, 5.41) is 5.90. The zero-order chi connectivity index (χ0) is 12.5. The van der Waals surface area contributed by atoms with Crippen molar-refractivity contribution in [3.63, 3.8) is 0 Å². The van der Waals surface area contributed by atoms with Crippen LogP contribution in [-0.2, 0) is 9.53 Å². The molecule has 1 heterocycles. The van der Waals surface area contributed by atoms with Crippen LogP contribution in [0.15, 0.2) is 24.5 Å². The Labute approximate surface area is 102 Å². The third-order valence-corrected chi connectivity index (χ3v) is 2.40. The predicted octanol–water partition coefficient (Wildman–Crippen LogP) is 0.495. The molecule has 0 radical (unpaired) electrons. The summed E-state index contributed by atoms with van der Waals surface area (Å²) in [6.07, 6.45) is 3.48. The van der Waals surface area contributed by atoms with Crippen molar-refractivity contribution >= 4 is 5.91 Å². The lowest BCUT2D eigenvalue weighted by atomic mass is 10.1. The molecule has 17 heavy (non-hydrogen) atoms. The standard InChI is InChI=1S/C12H19N3O2/c1-10(11-3-5-13-6-4-11)15-9-12(16)14-7-8-17-2/h3-6,10,15H,7-9H2,1-2H3,(H,14,16)/t10-/m0/s1. The van der Waals surface area contributed by atoms with Crippen LogP contribution in [0.25, 0.3) is 0 Å². The maximum Gasteiger partial charge on any atom is 0.234 e. The Bertz CT molecular complexity index is 330. The number of ether oxygens (including phenoxy) is 1. The Morgan fingerprint density at radius 2 is 2.18 bits per heavy atom. The average molecular weight is 237 g/mol. The summed E-state index contributed by atoms with van der Waals surface area (Å²) in [7, 11) is 1.61. The number of aromatic nitrogens is 1. The highest BCUT2D eigenvalue weighted by Crippen LogP contribution is 2.09. The molecule has 0 bridgehead atoms. The Morgan fingerprint density at radius 1 is 1.47 bits per heavy atom. The third-order valence-electron chi connectivity index (χ3n) is 2.40. The first-order chi connectivity index (χ1) is 8.24.